The number of aromatic nitrogens is 2. The number of thioether (sulfide) groups is 1. The second kappa shape index (κ2) is 13.1. The van der Waals surface area contributed by atoms with Crippen molar-refractivity contribution in [2.75, 3.05) is 24.3 Å². The third-order valence-corrected chi connectivity index (χ3v) is 8.44. The minimum atomic E-state index is -0.449. The monoisotopic (exact) mass is 555 g/mol. The lowest BCUT2D eigenvalue weighted by molar-refractivity contribution is -0.113. The first kappa shape index (κ1) is 27.9. The fourth-order valence-electron chi connectivity index (χ4n) is 4.41. The first-order valence-corrected chi connectivity index (χ1v) is 14.8. The van der Waals surface area contributed by atoms with Gasteiger partial charge in [0, 0.05) is 12.2 Å². The van der Waals surface area contributed by atoms with Crippen molar-refractivity contribution in [2.45, 2.75) is 64.6 Å². The zero-order valence-corrected chi connectivity index (χ0v) is 23.6. The molecule has 0 bridgehead atoms. The average molecular weight is 556 g/mol. The lowest BCUT2D eigenvalue weighted by Crippen LogP contribution is -2.24. The predicted molar refractivity (Wildman–Crippen MR) is 153 cm³/mol. The second-order valence-electron chi connectivity index (χ2n) is 8.96. The van der Waals surface area contributed by atoms with Crippen molar-refractivity contribution >= 4 is 50.9 Å². The number of benzene rings is 1. The van der Waals surface area contributed by atoms with Crippen LogP contribution in [-0.2, 0) is 16.1 Å². The molecule has 1 amide bonds. The Morgan fingerprint density at radius 2 is 1.95 bits per heavy atom. The van der Waals surface area contributed by atoms with E-state index in [4.69, 9.17) is 14.5 Å². The molecule has 0 aliphatic heterocycles. The van der Waals surface area contributed by atoms with Gasteiger partial charge in [-0.3, -0.25) is 14.2 Å². The number of anilines is 1. The van der Waals surface area contributed by atoms with Crippen LogP contribution in [0.5, 0.6) is 5.75 Å². The molecule has 1 aromatic carbocycles. The normalized spacial score (nSPS) is 13.3. The highest BCUT2D eigenvalue weighted by molar-refractivity contribution is 7.99. The average Bonchev–Trinajstić information content (AvgIpc) is 3.25. The predicted octanol–water partition coefficient (Wildman–Crippen LogP) is 5.96. The fraction of sp³-hybridized carbons (Fsp3) is 0.429. The molecule has 0 spiro atoms. The van der Waals surface area contributed by atoms with Crippen molar-refractivity contribution in [3.63, 3.8) is 0 Å². The number of carbonyl (C=O) groups excluding carboxylic acids is 2. The molecule has 2 heterocycles. The molecule has 0 saturated heterocycles. The maximum Gasteiger partial charge on any atom is 0.348 e. The molecule has 8 nitrogen and oxygen atoms in total. The number of hydrogen-bond donors (Lipinski definition) is 1. The van der Waals surface area contributed by atoms with Gasteiger partial charge in [0.1, 0.15) is 15.5 Å². The standard InChI is InChI=1S/C28H33N3O5S2/c1-4-35-21-13-11-20(12-14-21)29-22(32)17-37-28-30-25-23(18(3)24(38-25)27(34)36-5-2)26(33)31(28)16-15-19-9-7-6-8-10-19/h9,11-14H,4-8,10,15-17H2,1-3H3,(H,29,32). The Balaban J connectivity index is 1.58. The molecule has 38 heavy (non-hydrogen) atoms. The van der Waals surface area contributed by atoms with Crippen LogP contribution in [-0.4, -0.2) is 40.4 Å². The van der Waals surface area contributed by atoms with E-state index in [9.17, 15) is 14.4 Å². The number of carbonyl (C=O) groups is 2. The minimum absolute atomic E-state index is 0.0863. The number of esters is 1. The summed E-state index contributed by atoms with van der Waals surface area (Å²) in [5, 5.41) is 3.79. The van der Waals surface area contributed by atoms with Gasteiger partial charge in [-0.15, -0.1) is 11.3 Å². The molecule has 0 radical (unpaired) electrons. The maximum atomic E-state index is 13.7. The van der Waals surface area contributed by atoms with Gasteiger partial charge >= 0.3 is 5.97 Å². The minimum Gasteiger partial charge on any atom is -0.494 e. The van der Waals surface area contributed by atoms with E-state index < -0.39 is 5.97 Å². The van der Waals surface area contributed by atoms with Crippen LogP contribution in [0.4, 0.5) is 5.69 Å². The third-order valence-electron chi connectivity index (χ3n) is 6.30. The topological polar surface area (TPSA) is 99.5 Å². The molecule has 4 rings (SSSR count). The Hall–Kier alpha value is -3.11. The van der Waals surface area contributed by atoms with E-state index >= 15 is 0 Å². The van der Waals surface area contributed by atoms with E-state index in [0.29, 0.717) is 44.7 Å². The molecule has 1 aliphatic rings. The summed E-state index contributed by atoms with van der Waals surface area (Å²) < 4.78 is 12.3. The van der Waals surface area contributed by atoms with Gasteiger partial charge in [-0.05, 0) is 82.7 Å². The SMILES string of the molecule is CCOC(=O)c1sc2nc(SCC(=O)Nc3ccc(OCC)cc3)n(CCC3=CCCCC3)c(=O)c2c1C. The number of rotatable bonds is 11. The third kappa shape index (κ3) is 6.66. The second-order valence-corrected chi connectivity index (χ2v) is 10.9. The van der Waals surface area contributed by atoms with Crippen LogP contribution in [0, 0.1) is 6.92 Å². The zero-order valence-electron chi connectivity index (χ0n) is 22.0. The highest BCUT2D eigenvalue weighted by atomic mass is 32.2. The highest BCUT2D eigenvalue weighted by Crippen LogP contribution is 2.30. The number of allylic oxidation sites excluding steroid dienone is 2. The van der Waals surface area contributed by atoms with Crippen LogP contribution in [0.15, 0.2) is 45.9 Å². The molecular formula is C28H33N3O5S2. The molecule has 1 aliphatic carbocycles. The van der Waals surface area contributed by atoms with Gasteiger partial charge in [0.25, 0.3) is 5.56 Å². The van der Waals surface area contributed by atoms with Crippen LogP contribution in [0.3, 0.4) is 0 Å². The number of ether oxygens (including phenoxy) is 2. The number of aryl methyl sites for hydroxylation is 1. The Labute approximate surface area is 230 Å². The fourth-order valence-corrected chi connectivity index (χ4v) is 6.35. The number of nitrogens with one attached hydrogen (secondary N) is 1. The van der Waals surface area contributed by atoms with Crippen LogP contribution in [0.2, 0.25) is 0 Å². The van der Waals surface area contributed by atoms with Gasteiger partial charge in [0.05, 0.1) is 24.4 Å². The summed E-state index contributed by atoms with van der Waals surface area (Å²) in [6.07, 6.45) is 7.51. The van der Waals surface area contributed by atoms with Crippen molar-refractivity contribution in [1.82, 2.24) is 9.55 Å². The maximum absolute atomic E-state index is 13.7. The van der Waals surface area contributed by atoms with Crippen molar-refractivity contribution in [3.05, 3.63) is 56.7 Å². The summed E-state index contributed by atoms with van der Waals surface area (Å²) in [5.41, 5.74) is 2.42. The summed E-state index contributed by atoms with van der Waals surface area (Å²) in [5.74, 6) is 0.172. The molecule has 3 aromatic rings. The summed E-state index contributed by atoms with van der Waals surface area (Å²) >= 11 is 2.38. The quantitative estimate of drug-likeness (QED) is 0.135. The lowest BCUT2D eigenvalue weighted by Gasteiger charge is -2.16. The first-order chi connectivity index (χ1) is 18.4. The molecular weight excluding hydrogens is 522 g/mol. The smallest absolute Gasteiger partial charge is 0.348 e. The van der Waals surface area contributed by atoms with E-state index in [0.717, 1.165) is 42.8 Å². The molecule has 0 unspecified atom stereocenters. The first-order valence-electron chi connectivity index (χ1n) is 13.0. The van der Waals surface area contributed by atoms with Gasteiger partial charge < -0.3 is 14.8 Å². The molecule has 0 fully saturated rings. The van der Waals surface area contributed by atoms with Crippen LogP contribution in [0.1, 0.15) is 61.2 Å². The number of fused-ring (bicyclic) bond motifs is 1. The lowest BCUT2D eigenvalue weighted by atomic mass is 9.97. The Morgan fingerprint density at radius 3 is 2.63 bits per heavy atom. The van der Waals surface area contributed by atoms with E-state index in [2.05, 4.69) is 11.4 Å². The molecule has 0 saturated carbocycles. The molecule has 0 atom stereocenters. The number of hydrogen-bond acceptors (Lipinski definition) is 8. The van der Waals surface area contributed by atoms with Crippen molar-refractivity contribution in [3.8, 4) is 5.75 Å². The van der Waals surface area contributed by atoms with E-state index in [-0.39, 0.29) is 23.8 Å². The molecule has 10 heteroatoms. The summed E-state index contributed by atoms with van der Waals surface area (Å²) in [4.78, 5) is 44.5. The molecule has 1 N–H and O–H groups in total. The Kier molecular flexibility index (Phi) is 9.63. The van der Waals surface area contributed by atoms with E-state index in [1.165, 1.54) is 23.8 Å². The van der Waals surface area contributed by atoms with Crippen LogP contribution >= 0.6 is 23.1 Å². The zero-order chi connectivity index (χ0) is 27.1. The van der Waals surface area contributed by atoms with Crippen molar-refractivity contribution < 1.29 is 19.1 Å². The van der Waals surface area contributed by atoms with Gasteiger partial charge in [-0.1, -0.05) is 23.4 Å². The van der Waals surface area contributed by atoms with E-state index in [1.54, 1.807) is 42.7 Å². The molecule has 2 aromatic heterocycles. The summed E-state index contributed by atoms with van der Waals surface area (Å²) in [7, 11) is 0. The number of thiophene rings is 1. The summed E-state index contributed by atoms with van der Waals surface area (Å²) in [6.45, 7) is 6.73. The van der Waals surface area contributed by atoms with Gasteiger partial charge in [-0.2, -0.15) is 0 Å². The largest absolute Gasteiger partial charge is 0.494 e. The van der Waals surface area contributed by atoms with E-state index in [1.807, 2.05) is 6.92 Å². The van der Waals surface area contributed by atoms with Crippen molar-refractivity contribution in [2.24, 2.45) is 0 Å². The summed E-state index contributed by atoms with van der Waals surface area (Å²) in [6, 6.07) is 7.19. The molecule has 202 valence electrons. The van der Waals surface area contributed by atoms with Gasteiger partial charge in [-0.25, -0.2) is 9.78 Å². The van der Waals surface area contributed by atoms with Crippen LogP contribution < -0.4 is 15.6 Å². The number of nitrogens with zero attached hydrogens (tertiary/aromatic N) is 2. The Morgan fingerprint density at radius 1 is 1.16 bits per heavy atom. The van der Waals surface area contributed by atoms with Gasteiger partial charge in [0.15, 0.2) is 5.16 Å². The van der Waals surface area contributed by atoms with Crippen LogP contribution in [0.25, 0.3) is 10.2 Å². The highest BCUT2D eigenvalue weighted by Gasteiger charge is 2.23. The Bertz CT molecular complexity index is 1390. The van der Waals surface area contributed by atoms with Gasteiger partial charge in [0.2, 0.25) is 5.91 Å². The number of amides is 1. The van der Waals surface area contributed by atoms with Crippen molar-refractivity contribution in [1.29, 1.82) is 0 Å².